The van der Waals surface area contributed by atoms with Gasteiger partial charge in [0.25, 0.3) is 5.91 Å². The van der Waals surface area contributed by atoms with Crippen LogP contribution in [-0.2, 0) is 6.54 Å². The van der Waals surface area contributed by atoms with E-state index in [9.17, 15) is 9.59 Å². The highest BCUT2D eigenvalue weighted by molar-refractivity contribution is 7.13. The van der Waals surface area contributed by atoms with Gasteiger partial charge in [-0.2, -0.15) is 0 Å². The molecule has 0 bridgehead atoms. The molecule has 0 saturated carbocycles. The van der Waals surface area contributed by atoms with Crippen LogP contribution in [0.1, 0.15) is 35.6 Å². The van der Waals surface area contributed by atoms with Gasteiger partial charge in [-0.1, -0.05) is 0 Å². The summed E-state index contributed by atoms with van der Waals surface area (Å²) in [7, 11) is 0. The Bertz CT molecular complexity index is 631. The van der Waals surface area contributed by atoms with Crippen LogP contribution in [0.25, 0.3) is 0 Å². The summed E-state index contributed by atoms with van der Waals surface area (Å²) in [5, 5.41) is 14.1. The molecule has 0 fully saturated rings. The van der Waals surface area contributed by atoms with E-state index >= 15 is 0 Å². The van der Waals surface area contributed by atoms with E-state index in [2.05, 4.69) is 10.3 Å². The van der Waals surface area contributed by atoms with Crippen molar-refractivity contribution >= 4 is 34.6 Å². The normalized spacial score (nSPS) is 10.4. The first-order valence-corrected chi connectivity index (χ1v) is 7.20. The number of nitrogens with one attached hydrogen (secondary N) is 1. The Labute approximate surface area is 117 Å². The molecule has 2 aromatic heterocycles. The van der Waals surface area contributed by atoms with E-state index in [1.165, 1.54) is 11.3 Å². The summed E-state index contributed by atoms with van der Waals surface area (Å²) in [4.78, 5) is 27.8. The highest BCUT2D eigenvalue weighted by Gasteiger charge is 2.15. The number of aromatic carboxylic acids is 1. The maximum Gasteiger partial charge on any atom is 0.347 e. The van der Waals surface area contributed by atoms with Gasteiger partial charge in [-0.15, -0.1) is 22.7 Å². The van der Waals surface area contributed by atoms with Gasteiger partial charge in [-0.05, 0) is 30.9 Å². The molecule has 0 spiro atoms. The second-order valence-corrected chi connectivity index (χ2v) is 5.94. The Morgan fingerprint density at radius 1 is 1.37 bits per heavy atom. The first-order chi connectivity index (χ1) is 8.99. The van der Waals surface area contributed by atoms with Crippen LogP contribution in [0.15, 0.2) is 11.4 Å². The average Bonchev–Trinajstić information content (AvgIpc) is 2.92. The third-order valence-electron chi connectivity index (χ3n) is 2.50. The van der Waals surface area contributed by atoms with Crippen LogP contribution in [0.3, 0.4) is 0 Å². The molecule has 0 atom stereocenters. The predicted octanol–water partition coefficient (Wildman–Crippen LogP) is 2.45. The van der Waals surface area contributed by atoms with Crippen LogP contribution >= 0.6 is 22.7 Å². The van der Waals surface area contributed by atoms with E-state index in [0.717, 1.165) is 16.9 Å². The second kappa shape index (κ2) is 5.50. The molecule has 0 saturated heterocycles. The van der Waals surface area contributed by atoms with E-state index in [4.69, 9.17) is 5.11 Å². The minimum Gasteiger partial charge on any atom is -0.477 e. The summed E-state index contributed by atoms with van der Waals surface area (Å²) in [6.07, 6.45) is 0. The number of aromatic nitrogens is 1. The van der Waals surface area contributed by atoms with E-state index < -0.39 is 5.97 Å². The number of carboxylic acids is 1. The Balaban J connectivity index is 2.03. The third-order valence-corrected chi connectivity index (χ3v) is 4.66. The summed E-state index contributed by atoms with van der Waals surface area (Å²) in [5.74, 6) is -1.14. The number of rotatable bonds is 4. The van der Waals surface area contributed by atoms with Crippen molar-refractivity contribution in [1.82, 2.24) is 10.3 Å². The molecule has 2 heterocycles. The molecule has 2 rings (SSSR count). The van der Waals surface area contributed by atoms with Crippen molar-refractivity contribution in [1.29, 1.82) is 0 Å². The molecule has 2 aromatic rings. The van der Waals surface area contributed by atoms with Crippen LogP contribution in [0, 0.1) is 13.8 Å². The molecule has 0 aliphatic heterocycles. The average molecular weight is 296 g/mol. The first-order valence-electron chi connectivity index (χ1n) is 5.51. The molecule has 19 heavy (non-hydrogen) atoms. The van der Waals surface area contributed by atoms with Crippen LogP contribution in [-0.4, -0.2) is 22.0 Å². The van der Waals surface area contributed by atoms with E-state index in [1.807, 2.05) is 18.4 Å². The second-order valence-electron chi connectivity index (χ2n) is 3.94. The molecule has 0 unspecified atom stereocenters. The number of hydrogen-bond acceptors (Lipinski definition) is 5. The van der Waals surface area contributed by atoms with Crippen molar-refractivity contribution in [3.63, 3.8) is 0 Å². The number of carbonyl (C=O) groups is 2. The zero-order valence-electron chi connectivity index (χ0n) is 10.4. The quantitative estimate of drug-likeness (QED) is 0.908. The topological polar surface area (TPSA) is 79.3 Å². The van der Waals surface area contributed by atoms with E-state index in [1.54, 1.807) is 6.92 Å². The molecular weight excluding hydrogens is 284 g/mol. The van der Waals surface area contributed by atoms with E-state index in [0.29, 0.717) is 15.6 Å². The number of carbonyl (C=O) groups excluding carboxylic acids is 1. The fourth-order valence-corrected chi connectivity index (χ4v) is 3.25. The lowest BCUT2D eigenvalue weighted by atomic mass is 10.3. The van der Waals surface area contributed by atoms with Crippen molar-refractivity contribution < 1.29 is 14.7 Å². The maximum absolute atomic E-state index is 11.9. The van der Waals surface area contributed by atoms with Crippen molar-refractivity contribution in [2.75, 3.05) is 0 Å². The van der Waals surface area contributed by atoms with Crippen LogP contribution in [0.2, 0.25) is 0 Å². The zero-order chi connectivity index (χ0) is 14.0. The molecule has 0 aliphatic carbocycles. The monoisotopic (exact) mass is 296 g/mol. The van der Waals surface area contributed by atoms with Crippen LogP contribution in [0.4, 0.5) is 0 Å². The van der Waals surface area contributed by atoms with Gasteiger partial charge in [0.15, 0.2) is 0 Å². The Hall–Kier alpha value is -1.73. The number of hydrogen-bond donors (Lipinski definition) is 2. The van der Waals surface area contributed by atoms with Gasteiger partial charge in [-0.3, -0.25) is 4.79 Å². The van der Waals surface area contributed by atoms with E-state index in [-0.39, 0.29) is 17.3 Å². The molecule has 0 radical (unpaired) electrons. The molecule has 5 nitrogen and oxygen atoms in total. The zero-order valence-corrected chi connectivity index (χ0v) is 12.0. The summed E-state index contributed by atoms with van der Waals surface area (Å²) < 4.78 is 0. The van der Waals surface area contributed by atoms with Crippen molar-refractivity contribution in [2.45, 2.75) is 20.4 Å². The molecule has 2 N–H and O–H groups in total. The lowest BCUT2D eigenvalue weighted by Gasteiger charge is -2.01. The van der Waals surface area contributed by atoms with Crippen LogP contribution in [0.5, 0.6) is 0 Å². The van der Waals surface area contributed by atoms with Crippen molar-refractivity contribution in [2.24, 2.45) is 0 Å². The number of amides is 1. The summed E-state index contributed by atoms with van der Waals surface area (Å²) in [5.41, 5.74) is 1.41. The maximum atomic E-state index is 11.9. The van der Waals surface area contributed by atoms with Gasteiger partial charge in [-0.25, -0.2) is 9.78 Å². The van der Waals surface area contributed by atoms with Crippen molar-refractivity contribution in [3.05, 3.63) is 37.5 Å². The number of aryl methyl sites for hydroxylation is 2. The molecule has 0 aliphatic rings. The largest absolute Gasteiger partial charge is 0.477 e. The highest BCUT2D eigenvalue weighted by atomic mass is 32.1. The third kappa shape index (κ3) is 2.99. The Morgan fingerprint density at radius 3 is 2.63 bits per heavy atom. The molecule has 1 amide bonds. The minimum atomic E-state index is -0.985. The van der Waals surface area contributed by atoms with Gasteiger partial charge in [0.05, 0.1) is 17.1 Å². The lowest BCUT2D eigenvalue weighted by molar-refractivity contribution is 0.0701. The van der Waals surface area contributed by atoms with Gasteiger partial charge in [0.2, 0.25) is 0 Å². The Kier molecular flexibility index (Phi) is 3.96. The lowest BCUT2D eigenvalue weighted by Crippen LogP contribution is -2.22. The smallest absolute Gasteiger partial charge is 0.347 e. The molecule has 100 valence electrons. The standard InChI is InChI=1S/C12H12N2O3S2/c1-6-3-4-18-9(6)11(15)13-5-8-14-7(2)10(19-8)12(16)17/h3-4H,5H2,1-2H3,(H,13,15)(H,16,17). The fraction of sp³-hybridized carbons (Fsp3) is 0.250. The van der Waals surface area contributed by atoms with Gasteiger partial charge in [0.1, 0.15) is 9.88 Å². The molecule has 7 heteroatoms. The van der Waals surface area contributed by atoms with Crippen molar-refractivity contribution in [3.8, 4) is 0 Å². The summed E-state index contributed by atoms with van der Waals surface area (Å²) >= 11 is 2.47. The SMILES string of the molecule is Cc1ccsc1C(=O)NCc1nc(C)c(C(=O)O)s1. The first kappa shape index (κ1) is 13.7. The number of thiophene rings is 1. The number of nitrogens with zero attached hydrogens (tertiary/aromatic N) is 1. The predicted molar refractivity (Wildman–Crippen MR) is 74.0 cm³/mol. The fourth-order valence-electron chi connectivity index (χ4n) is 1.57. The number of thiazole rings is 1. The molecular formula is C12H12N2O3S2. The minimum absolute atomic E-state index is 0.155. The van der Waals surface area contributed by atoms with Gasteiger partial charge in [0, 0.05) is 0 Å². The number of carboxylic acid groups (broad SMARTS) is 1. The highest BCUT2D eigenvalue weighted by Crippen LogP contribution is 2.19. The van der Waals surface area contributed by atoms with Gasteiger partial charge >= 0.3 is 5.97 Å². The summed E-state index contributed by atoms with van der Waals surface area (Å²) in [6.45, 7) is 3.77. The van der Waals surface area contributed by atoms with Gasteiger partial charge < -0.3 is 10.4 Å². The Morgan fingerprint density at radius 2 is 2.11 bits per heavy atom. The molecule has 0 aromatic carbocycles. The van der Waals surface area contributed by atoms with Crippen LogP contribution < -0.4 is 5.32 Å². The summed E-state index contributed by atoms with van der Waals surface area (Å²) in [6, 6.07) is 1.88.